The van der Waals surface area contributed by atoms with E-state index in [2.05, 4.69) is 29.3 Å². The minimum Gasteiger partial charge on any atom is -0.497 e. The van der Waals surface area contributed by atoms with Crippen LogP contribution < -0.4 is 10.1 Å². The zero-order valence-electron chi connectivity index (χ0n) is 13.8. The Bertz CT molecular complexity index is 476. The second kappa shape index (κ2) is 8.79. The molecule has 0 radical (unpaired) electrons. The van der Waals surface area contributed by atoms with E-state index in [1.807, 2.05) is 12.1 Å². The lowest BCUT2D eigenvalue weighted by atomic mass is 10.1. The third-order valence-electron chi connectivity index (χ3n) is 4.32. The van der Waals surface area contributed by atoms with Crippen LogP contribution in [0.3, 0.4) is 0 Å². The topological polar surface area (TPSA) is 41.6 Å². The summed E-state index contributed by atoms with van der Waals surface area (Å²) >= 11 is 0. The number of hydrogen-bond acceptors (Lipinski definition) is 3. The second-order valence-electron chi connectivity index (χ2n) is 5.95. The zero-order valence-corrected chi connectivity index (χ0v) is 13.8. The third kappa shape index (κ3) is 4.73. The van der Waals surface area contributed by atoms with Crippen LogP contribution in [-0.4, -0.2) is 37.0 Å². The van der Waals surface area contributed by atoms with Gasteiger partial charge < -0.3 is 15.0 Å². The van der Waals surface area contributed by atoms with E-state index >= 15 is 0 Å². The molecule has 1 N–H and O–H groups in total. The van der Waals surface area contributed by atoms with Gasteiger partial charge in [0.2, 0.25) is 5.91 Å². The van der Waals surface area contributed by atoms with Crippen molar-refractivity contribution in [3.63, 3.8) is 0 Å². The summed E-state index contributed by atoms with van der Waals surface area (Å²) in [5, 5.41) is 3.48. The van der Waals surface area contributed by atoms with Gasteiger partial charge in [0.1, 0.15) is 5.75 Å². The predicted molar refractivity (Wildman–Crippen MR) is 89.0 cm³/mol. The van der Waals surface area contributed by atoms with Gasteiger partial charge in [0.05, 0.1) is 7.11 Å². The van der Waals surface area contributed by atoms with Gasteiger partial charge in [-0.15, -0.1) is 0 Å². The summed E-state index contributed by atoms with van der Waals surface area (Å²) in [5.41, 5.74) is 1.23. The van der Waals surface area contributed by atoms with E-state index < -0.39 is 0 Å². The maximum atomic E-state index is 11.9. The number of nitrogens with one attached hydrogen (secondary N) is 1. The number of carbonyl (C=O) groups is 1. The van der Waals surface area contributed by atoms with Crippen LogP contribution in [0.25, 0.3) is 0 Å². The lowest BCUT2D eigenvalue weighted by molar-refractivity contribution is -0.129. The molecule has 1 heterocycles. The van der Waals surface area contributed by atoms with Gasteiger partial charge >= 0.3 is 0 Å². The van der Waals surface area contributed by atoms with Crippen LogP contribution in [0.5, 0.6) is 5.75 Å². The summed E-state index contributed by atoms with van der Waals surface area (Å²) < 4.78 is 5.23. The Morgan fingerprint density at radius 1 is 1.41 bits per heavy atom. The first-order valence-corrected chi connectivity index (χ1v) is 8.37. The first-order valence-electron chi connectivity index (χ1n) is 8.37. The van der Waals surface area contributed by atoms with Crippen LogP contribution in [0.15, 0.2) is 24.3 Å². The highest BCUT2D eigenvalue weighted by Crippen LogP contribution is 2.21. The molecule has 1 aromatic carbocycles. The maximum absolute atomic E-state index is 11.9. The fraction of sp³-hybridized carbons (Fsp3) is 0.611. The van der Waals surface area contributed by atoms with Gasteiger partial charge in [0.15, 0.2) is 0 Å². The van der Waals surface area contributed by atoms with Crippen LogP contribution in [0.1, 0.15) is 44.6 Å². The Morgan fingerprint density at radius 2 is 2.27 bits per heavy atom. The fourth-order valence-electron chi connectivity index (χ4n) is 3.01. The Morgan fingerprint density at radius 3 is 3.05 bits per heavy atom. The maximum Gasteiger partial charge on any atom is 0.222 e. The van der Waals surface area contributed by atoms with E-state index in [1.165, 1.54) is 5.56 Å². The van der Waals surface area contributed by atoms with Crippen molar-refractivity contribution in [1.29, 1.82) is 0 Å². The number of carbonyl (C=O) groups excluding carboxylic acids is 1. The lowest BCUT2D eigenvalue weighted by Gasteiger charge is -2.24. The molecule has 4 nitrogen and oxygen atoms in total. The number of rotatable bonds is 9. The number of unbranched alkanes of at least 4 members (excludes halogenated alkanes) is 1. The molecule has 1 amide bonds. The summed E-state index contributed by atoms with van der Waals surface area (Å²) in [6.07, 6.45) is 5.04. The molecule has 0 saturated carbocycles. The highest BCUT2D eigenvalue weighted by atomic mass is 16.5. The molecular formula is C18H28N2O2. The average molecular weight is 304 g/mol. The van der Waals surface area contributed by atoms with Crippen molar-refractivity contribution in [2.75, 3.05) is 20.2 Å². The molecule has 0 spiro atoms. The van der Waals surface area contributed by atoms with Crippen LogP contribution in [0.4, 0.5) is 0 Å². The van der Waals surface area contributed by atoms with Crippen LogP contribution in [-0.2, 0) is 11.3 Å². The summed E-state index contributed by atoms with van der Waals surface area (Å²) in [7, 11) is 1.69. The van der Waals surface area contributed by atoms with Crippen molar-refractivity contribution in [1.82, 2.24) is 10.2 Å². The molecule has 1 atom stereocenters. The van der Waals surface area contributed by atoms with Crippen molar-refractivity contribution in [3.8, 4) is 5.75 Å². The molecule has 1 aromatic rings. The van der Waals surface area contributed by atoms with Gasteiger partial charge in [0.25, 0.3) is 0 Å². The number of benzene rings is 1. The Labute approximate surface area is 133 Å². The average Bonchev–Trinajstić information content (AvgIpc) is 2.90. The second-order valence-corrected chi connectivity index (χ2v) is 5.95. The van der Waals surface area contributed by atoms with Crippen molar-refractivity contribution in [2.45, 2.75) is 51.6 Å². The summed E-state index contributed by atoms with van der Waals surface area (Å²) in [6.45, 7) is 4.88. The monoisotopic (exact) mass is 304 g/mol. The number of nitrogens with zero attached hydrogens (tertiary/aromatic N) is 1. The quantitative estimate of drug-likeness (QED) is 0.713. The smallest absolute Gasteiger partial charge is 0.222 e. The van der Waals surface area contributed by atoms with Gasteiger partial charge in [-0.2, -0.15) is 0 Å². The molecular weight excluding hydrogens is 276 g/mol. The summed E-state index contributed by atoms with van der Waals surface area (Å²) in [4.78, 5) is 14.0. The molecule has 0 aliphatic carbocycles. The summed E-state index contributed by atoms with van der Waals surface area (Å²) in [6, 6.07) is 8.55. The predicted octanol–water partition coefficient (Wildman–Crippen LogP) is 2.97. The van der Waals surface area contributed by atoms with E-state index in [0.717, 1.165) is 57.5 Å². The van der Waals surface area contributed by atoms with E-state index in [-0.39, 0.29) is 0 Å². The minimum absolute atomic E-state index is 0.339. The SMILES string of the molecule is CCCCN1C(=O)CCC1CCNCc1cccc(OC)c1. The number of likely N-dealkylation sites (tertiary alicyclic amines) is 1. The molecule has 1 unspecified atom stereocenters. The van der Waals surface area contributed by atoms with Gasteiger partial charge in [-0.3, -0.25) is 4.79 Å². The first kappa shape index (κ1) is 16.8. The molecule has 4 heteroatoms. The van der Waals surface area contributed by atoms with Crippen LogP contribution in [0.2, 0.25) is 0 Å². The molecule has 1 saturated heterocycles. The van der Waals surface area contributed by atoms with Crippen molar-refractivity contribution >= 4 is 5.91 Å². The Hall–Kier alpha value is -1.55. The molecule has 0 aromatic heterocycles. The normalized spacial score (nSPS) is 18.0. The molecule has 0 bridgehead atoms. The van der Waals surface area contributed by atoms with Gasteiger partial charge in [-0.05, 0) is 43.5 Å². The highest BCUT2D eigenvalue weighted by molar-refractivity contribution is 5.78. The summed E-state index contributed by atoms with van der Waals surface area (Å²) in [5.74, 6) is 1.23. The minimum atomic E-state index is 0.339. The molecule has 22 heavy (non-hydrogen) atoms. The standard InChI is InChI=1S/C18H28N2O2/c1-3-4-12-20-16(8-9-18(20)21)10-11-19-14-15-6-5-7-17(13-15)22-2/h5-7,13,16,19H,3-4,8-12,14H2,1-2H3. The highest BCUT2D eigenvalue weighted by Gasteiger charge is 2.29. The van der Waals surface area contributed by atoms with Crippen molar-refractivity contribution in [2.24, 2.45) is 0 Å². The van der Waals surface area contributed by atoms with E-state index in [9.17, 15) is 4.79 Å². The van der Waals surface area contributed by atoms with Gasteiger partial charge in [-0.25, -0.2) is 0 Å². The largest absolute Gasteiger partial charge is 0.497 e. The Kier molecular flexibility index (Phi) is 6.72. The van der Waals surface area contributed by atoms with E-state index in [0.29, 0.717) is 11.9 Å². The number of ether oxygens (including phenoxy) is 1. The van der Waals surface area contributed by atoms with E-state index in [4.69, 9.17) is 4.74 Å². The Balaban J connectivity index is 1.72. The van der Waals surface area contributed by atoms with Crippen molar-refractivity contribution in [3.05, 3.63) is 29.8 Å². The van der Waals surface area contributed by atoms with Crippen molar-refractivity contribution < 1.29 is 9.53 Å². The molecule has 2 rings (SSSR count). The number of methoxy groups -OCH3 is 1. The number of hydrogen-bond donors (Lipinski definition) is 1. The molecule has 122 valence electrons. The molecule has 1 fully saturated rings. The van der Waals surface area contributed by atoms with Crippen LogP contribution >= 0.6 is 0 Å². The van der Waals surface area contributed by atoms with Gasteiger partial charge in [0, 0.05) is 25.6 Å². The lowest BCUT2D eigenvalue weighted by Crippen LogP contribution is -2.35. The fourth-order valence-corrected chi connectivity index (χ4v) is 3.01. The molecule has 1 aliphatic rings. The van der Waals surface area contributed by atoms with Crippen LogP contribution in [0, 0.1) is 0 Å². The number of amides is 1. The van der Waals surface area contributed by atoms with E-state index in [1.54, 1.807) is 7.11 Å². The third-order valence-corrected chi connectivity index (χ3v) is 4.32. The zero-order chi connectivity index (χ0) is 15.8. The molecule has 1 aliphatic heterocycles. The first-order chi connectivity index (χ1) is 10.7. The van der Waals surface area contributed by atoms with Gasteiger partial charge in [-0.1, -0.05) is 25.5 Å².